The van der Waals surface area contributed by atoms with Crippen LogP contribution in [0.5, 0.6) is 11.5 Å². The van der Waals surface area contributed by atoms with Crippen molar-refractivity contribution < 1.29 is 28.9 Å². The number of ketones is 1. The summed E-state index contributed by atoms with van der Waals surface area (Å²) in [7, 11) is 0. The van der Waals surface area contributed by atoms with Crippen LogP contribution in [0, 0.1) is 0 Å². The molecular weight excluding hydrogens is 472 g/mol. The van der Waals surface area contributed by atoms with Gasteiger partial charge in [0.1, 0.15) is 17.3 Å². The van der Waals surface area contributed by atoms with Crippen LogP contribution in [0.4, 0.5) is 0 Å². The highest BCUT2D eigenvalue weighted by Gasteiger charge is 2.46. The van der Waals surface area contributed by atoms with E-state index >= 15 is 0 Å². The fourth-order valence-electron chi connectivity index (χ4n) is 4.77. The summed E-state index contributed by atoms with van der Waals surface area (Å²) in [4.78, 5) is 30.5. The molecular formula is C29H36N2O6. The summed E-state index contributed by atoms with van der Waals surface area (Å²) < 4.78 is 16.7. The highest BCUT2D eigenvalue weighted by molar-refractivity contribution is 6.46. The van der Waals surface area contributed by atoms with Gasteiger partial charge in [0.05, 0.1) is 38.0 Å². The number of rotatable bonds is 11. The lowest BCUT2D eigenvalue weighted by atomic mass is 9.95. The topological polar surface area (TPSA) is 88.5 Å². The number of aliphatic hydroxyl groups excluding tert-OH is 1. The largest absolute Gasteiger partial charge is 0.507 e. The summed E-state index contributed by atoms with van der Waals surface area (Å²) in [5.74, 6) is -0.136. The van der Waals surface area contributed by atoms with Crippen LogP contribution in [0.3, 0.4) is 0 Å². The third-order valence-electron chi connectivity index (χ3n) is 6.60. The van der Waals surface area contributed by atoms with Gasteiger partial charge >= 0.3 is 0 Å². The standard InChI is InChI=1S/C29H36N2O6/c1-3-17-37-24-8-5-7-22(20-24)26-25(27(32)21-9-11-23(12-10-21)36-4-2)28(33)29(34)31(26)14-6-13-30-15-18-35-19-16-30/h5,7-12,20,26,32H,3-4,6,13-19H2,1-2H3/b27-25+. The normalized spacial score (nSPS) is 19.8. The second-order valence-corrected chi connectivity index (χ2v) is 9.18. The molecule has 0 spiro atoms. The Morgan fingerprint density at radius 2 is 1.76 bits per heavy atom. The minimum atomic E-state index is -0.707. The number of benzene rings is 2. The van der Waals surface area contributed by atoms with Crippen molar-refractivity contribution in [3.05, 3.63) is 65.2 Å². The van der Waals surface area contributed by atoms with Crippen molar-refractivity contribution in [2.75, 3.05) is 52.6 Å². The number of hydrogen-bond donors (Lipinski definition) is 1. The monoisotopic (exact) mass is 508 g/mol. The number of carbonyl (C=O) groups excluding carboxylic acids is 2. The highest BCUT2D eigenvalue weighted by atomic mass is 16.5. The van der Waals surface area contributed by atoms with Gasteiger partial charge in [-0.05, 0) is 61.7 Å². The van der Waals surface area contributed by atoms with Crippen molar-refractivity contribution in [1.82, 2.24) is 9.80 Å². The highest BCUT2D eigenvalue weighted by Crippen LogP contribution is 2.40. The van der Waals surface area contributed by atoms with Crippen LogP contribution in [0.25, 0.3) is 5.76 Å². The average molecular weight is 509 g/mol. The van der Waals surface area contributed by atoms with Gasteiger partial charge in [-0.2, -0.15) is 0 Å². The summed E-state index contributed by atoms with van der Waals surface area (Å²) in [6, 6.07) is 13.6. The van der Waals surface area contributed by atoms with Crippen LogP contribution in [0.15, 0.2) is 54.1 Å². The van der Waals surface area contributed by atoms with Gasteiger partial charge in [0, 0.05) is 31.7 Å². The number of aliphatic hydroxyl groups is 1. The zero-order chi connectivity index (χ0) is 26.2. The Kier molecular flexibility index (Phi) is 9.19. The lowest BCUT2D eigenvalue weighted by Crippen LogP contribution is -2.38. The fraction of sp³-hybridized carbons (Fsp3) is 0.448. The molecule has 2 saturated heterocycles. The first kappa shape index (κ1) is 26.7. The molecule has 1 N–H and O–H groups in total. The Bertz CT molecular complexity index is 1110. The molecule has 198 valence electrons. The molecule has 2 aromatic carbocycles. The van der Waals surface area contributed by atoms with Crippen molar-refractivity contribution in [1.29, 1.82) is 0 Å². The zero-order valence-corrected chi connectivity index (χ0v) is 21.7. The number of carbonyl (C=O) groups is 2. The molecule has 2 fully saturated rings. The van der Waals surface area contributed by atoms with Crippen LogP contribution in [0.1, 0.15) is 43.9 Å². The maximum absolute atomic E-state index is 13.3. The quantitative estimate of drug-likeness (QED) is 0.279. The fourth-order valence-corrected chi connectivity index (χ4v) is 4.77. The van der Waals surface area contributed by atoms with E-state index in [1.165, 1.54) is 0 Å². The summed E-state index contributed by atoms with van der Waals surface area (Å²) in [5.41, 5.74) is 1.28. The molecule has 1 unspecified atom stereocenters. The molecule has 8 nitrogen and oxygen atoms in total. The average Bonchev–Trinajstić information content (AvgIpc) is 3.18. The van der Waals surface area contributed by atoms with E-state index in [0.717, 1.165) is 31.6 Å². The minimum absolute atomic E-state index is 0.0909. The molecule has 0 bridgehead atoms. The van der Waals surface area contributed by atoms with Gasteiger partial charge in [-0.15, -0.1) is 0 Å². The molecule has 2 heterocycles. The zero-order valence-electron chi connectivity index (χ0n) is 21.7. The molecule has 37 heavy (non-hydrogen) atoms. The molecule has 8 heteroatoms. The number of amides is 1. The first-order chi connectivity index (χ1) is 18.0. The third kappa shape index (κ3) is 6.32. The SMILES string of the molecule is CCCOc1cccc(C2/C(=C(\O)c3ccc(OCC)cc3)C(=O)C(=O)N2CCCN2CCOCC2)c1. The van der Waals surface area contributed by atoms with Crippen molar-refractivity contribution in [3.63, 3.8) is 0 Å². The van der Waals surface area contributed by atoms with E-state index in [1.54, 1.807) is 29.2 Å². The summed E-state index contributed by atoms with van der Waals surface area (Å²) in [6.45, 7) is 9.34. The molecule has 1 amide bonds. The number of nitrogens with zero attached hydrogens (tertiary/aromatic N) is 2. The lowest BCUT2D eigenvalue weighted by Gasteiger charge is -2.29. The van der Waals surface area contributed by atoms with Gasteiger partial charge in [-0.1, -0.05) is 19.1 Å². The lowest BCUT2D eigenvalue weighted by molar-refractivity contribution is -0.140. The van der Waals surface area contributed by atoms with Crippen molar-refractivity contribution in [2.45, 2.75) is 32.7 Å². The predicted octanol–water partition coefficient (Wildman–Crippen LogP) is 4.02. The Morgan fingerprint density at radius 1 is 1.00 bits per heavy atom. The predicted molar refractivity (Wildman–Crippen MR) is 141 cm³/mol. The van der Waals surface area contributed by atoms with Crippen LogP contribution >= 0.6 is 0 Å². The maximum Gasteiger partial charge on any atom is 0.295 e. The third-order valence-corrected chi connectivity index (χ3v) is 6.60. The van der Waals surface area contributed by atoms with Crippen LogP contribution in [-0.4, -0.2) is 79.2 Å². The van der Waals surface area contributed by atoms with Gasteiger partial charge in [-0.3, -0.25) is 14.5 Å². The van der Waals surface area contributed by atoms with Gasteiger partial charge < -0.3 is 24.2 Å². The van der Waals surface area contributed by atoms with Gasteiger partial charge in [0.15, 0.2) is 0 Å². The maximum atomic E-state index is 13.3. The van der Waals surface area contributed by atoms with Crippen molar-refractivity contribution >= 4 is 17.4 Å². The summed E-state index contributed by atoms with van der Waals surface area (Å²) in [5, 5.41) is 11.3. The van der Waals surface area contributed by atoms with E-state index in [0.29, 0.717) is 56.5 Å². The van der Waals surface area contributed by atoms with Crippen LogP contribution in [0.2, 0.25) is 0 Å². The Morgan fingerprint density at radius 3 is 2.46 bits per heavy atom. The molecule has 2 aliphatic heterocycles. The van der Waals surface area contributed by atoms with Gasteiger partial charge in [-0.25, -0.2) is 0 Å². The van der Waals surface area contributed by atoms with E-state index in [9.17, 15) is 14.7 Å². The van der Waals surface area contributed by atoms with E-state index in [1.807, 2.05) is 38.1 Å². The molecule has 1 atom stereocenters. The number of ether oxygens (including phenoxy) is 3. The summed E-state index contributed by atoms with van der Waals surface area (Å²) >= 11 is 0. The first-order valence-corrected chi connectivity index (χ1v) is 13.1. The van der Waals surface area contributed by atoms with Gasteiger partial charge in [0.25, 0.3) is 11.7 Å². The first-order valence-electron chi connectivity index (χ1n) is 13.1. The van der Waals surface area contributed by atoms with Crippen molar-refractivity contribution in [3.8, 4) is 11.5 Å². The summed E-state index contributed by atoms with van der Waals surface area (Å²) in [6.07, 6.45) is 1.57. The van der Waals surface area contributed by atoms with E-state index in [4.69, 9.17) is 14.2 Å². The molecule has 0 aromatic heterocycles. The van der Waals surface area contributed by atoms with E-state index in [2.05, 4.69) is 4.90 Å². The molecule has 0 radical (unpaired) electrons. The molecule has 2 aliphatic rings. The number of Topliss-reactive ketones (excluding diaryl/α,β-unsaturated/α-hetero) is 1. The van der Waals surface area contributed by atoms with Crippen molar-refractivity contribution in [2.24, 2.45) is 0 Å². The Balaban J connectivity index is 1.67. The molecule has 0 saturated carbocycles. The Labute approximate surface area is 218 Å². The van der Waals surface area contributed by atoms with Crippen LogP contribution < -0.4 is 9.47 Å². The molecule has 0 aliphatic carbocycles. The second kappa shape index (κ2) is 12.7. The molecule has 4 rings (SSSR count). The Hall–Kier alpha value is -3.36. The number of hydrogen-bond acceptors (Lipinski definition) is 7. The number of likely N-dealkylation sites (tertiary alicyclic amines) is 1. The number of morpholine rings is 1. The van der Waals surface area contributed by atoms with Gasteiger partial charge in [0.2, 0.25) is 0 Å². The van der Waals surface area contributed by atoms with E-state index in [-0.39, 0.29) is 11.3 Å². The van der Waals surface area contributed by atoms with Crippen LogP contribution in [-0.2, 0) is 14.3 Å². The minimum Gasteiger partial charge on any atom is -0.507 e. The smallest absolute Gasteiger partial charge is 0.295 e. The molecule has 2 aromatic rings. The van der Waals surface area contributed by atoms with E-state index < -0.39 is 17.7 Å². The second-order valence-electron chi connectivity index (χ2n) is 9.18.